The van der Waals surface area contributed by atoms with Crippen LogP contribution in [0.2, 0.25) is 0 Å². The van der Waals surface area contributed by atoms with E-state index >= 15 is 0 Å². The number of hydrogen-bond acceptors (Lipinski definition) is 2. The fourth-order valence-corrected chi connectivity index (χ4v) is 2.40. The van der Waals surface area contributed by atoms with Crippen LogP contribution in [0.1, 0.15) is 19.8 Å². The highest BCUT2D eigenvalue weighted by atomic mass is 16.2. The summed E-state index contributed by atoms with van der Waals surface area (Å²) in [4.78, 5) is 13.4. The van der Waals surface area contributed by atoms with Gasteiger partial charge >= 0.3 is 0 Å². The molecule has 2 unspecified atom stereocenters. The Hall–Kier alpha value is -1.01. The molecule has 0 bridgehead atoms. The zero-order chi connectivity index (χ0) is 9.97. The standard InChI is InChI=1S/C11H16N2O/c1-2-4-11(14)13-7-9-5-3-6-12-10(9)8-13/h9-10,12H,3,5-8H2,1H3. The summed E-state index contributed by atoms with van der Waals surface area (Å²) < 4.78 is 0. The van der Waals surface area contributed by atoms with Crippen LogP contribution in [0.15, 0.2) is 0 Å². The van der Waals surface area contributed by atoms with E-state index in [1.807, 2.05) is 4.90 Å². The Kier molecular flexibility index (Phi) is 2.74. The molecular formula is C11H16N2O. The molecule has 2 saturated heterocycles. The molecule has 2 atom stereocenters. The van der Waals surface area contributed by atoms with Gasteiger partial charge in [0.15, 0.2) is 0 Å². The predicted octanol–water partition coefficient (Wildman–Crippen LogP) is 0.220. The number of fused-ring (bicyclic) bond motifs is 1. The van der Waals surface area contributed by atoms with Crippen molar-refractivity contribution < 1.29 is 4.79 Å². The minimum Gasteiger partial charge on any atom is -0.330 e. The molecule has 3 nitrogen and oxygen atoms in total. The Morgan fingerprint density at radius 1 is 1.50 bits per heavy atom. The molecule has 0 aromatic carbocycles. The summed E-state index contributed by atoms with van der Waals surface area (Å²) >= 11 is 0. The molecule has 0 radical (unpaired) electrons. The van der Waals surface area contributed by atoms with Crippen molar-refractivity contribution in [1.82, 2.24) is 10.2 Å². The average molecular weight is 192 g/mol. The number of hydrogen-bond donors (Lipinski definition) is 1. The quantitative estimate of drug-likeness (QED) is 0.557. The maximum Gasteiger partial charge on any atom is 0.298 e. The summed E-state index contributed by atoms with van der Waals surface area (Å²) in [7, 11) is 0. The summed E-state index contributed by atoms with van der Waals surface area (Å²) in [5.41, 5.74) is 0. The van der Waals surface area contributed by atoms with Crippen molar-refractivity contribution in [3.63, 3.8) is 0 Å². The van der Waals surface area contributed by atoms with Crippen LogP contribution in [0, 0.1) is 17.8 Å². The van der Waals surface area contributed by atoms with Crippen LogP contribution in [0.4, 0.5) is 0 Å². The Balaban J connectivity index is 1.97. The monoisotopic (exact) mass is 192 g/mol. The number of likely N-dealkylation sites (tertiary alicyclic amines) is 1. The van der Waals surface area contributed by atoms with E-state index in [4.69, 9.17) is 0 Å². The fourth-order valence-electron chi connectivity index (χ4n) is 2.40. The van der Waals surface area contributed by atoms with Gasteiger partial charge in [-0.1, -0.05) is 5.92 Å². The summed E-state index contributed by atoms with van der Waals surface area (Å²) in [6.07, 6.45) is 2.49. The molecule has 0 aliphatic carbocycles. The predicted molar refractivity (Wildman–Crippen MR) is 54.5 cm³/mol. The largest absolute Gasteiger partial charge is 0.330 e. The molecule has 0 spiro atoms. The van der Waals surface area contributed by atoms with E-state index in [0.717, 1.165) is 19.6 Å². The van der Waals surface area contributed by atoms with Gasteiger partial charge in [0.05, 0.1) is 0 Å². The number of rotatable bonds is 0. The Labute approximate surface area is 84.8 Å². The zero-order valence-corrected chi connectivity index (χ0v) is 8.55. The lowest BCUT2D eigenvalue weighted by Crippen LogP contribution is -2.40. The van der Waals surface area contributed by atoms with Gasteiger partial charge in [-0.3, -0.25) is 4.79 Å². The number of amides is 1. The van der Waals surface area contributed by atoms with Gasteiger partial charge in [0.1, 0.15) is 0 Å². The summed E-state index contributed by atoms with van der Waals surface area (Å²) in [6.45, 7) is 4.55. The van der Waals surface area contributed by atoms with Crippen molar-refractivity contribution in [1.29, 1.82) is 0 Å². The second kappa shape index (κ2) is 4.02. The molecule has 2 rings (SSSR count). The van der Waals surface area contributed by atoms with E-state index in [1.54, 1.807) is 6.92 Å². The van der Waals surface area contributed by atoms with Crippen LogP contribution in [0.5, 0.6) is 0 Å². The van der Waals surface area contributed by atoms with E-state index in [2.05, 4.69) is 17.2 Å². The highest BCUT2D eigenvalue weighted by molar-refractivity contribution is 5.93. The molecule has 2 aliphatic heterocycles. The third kappa shape index (κ3) is 1.76. The average Bonchev–Trinajstić information content (AvgIpc) is 2.61. The molecule has 1 amide bonds. The third-order valence-corrected chi connectivity index (χ3v) is 3.12. The Morgan fingerprint density at radius 2 is 2.36 bits per heavy atom. The number of piperidine rings is 1. The van der Waals surface area contributed by atoms with Crippen molar-refractivity contribution in [3.05, 3.63) is 0 Å². The molecule has 0 saturated carbocycles. The van der Waals surface area contributed by atoms with Gasteiger partial charge in [-0.2, -0.15) is 0 Å². The van der Waals surface area contributed by atoms with Gasteiger partial charge in [0.2, 0.25) is 0 Å². The molecule has 2 aliphatic rings. The summed E-state index contributed by atoms with van der Waals surface area (Å²) in [5, 5.41) is 3.47. The Morgan fingerprint density at radius 3 is 3.07 bits per heavy atom. The van der Waals surface area contributed by atoms with Gasteiger partial charge in [-0.05, 0) is 38.1 Å². The molecule has 1 N–H and O–H groups in total. The van der Waals surface area contributed by atoms with Crippen molar-refractivity contribution in [2.75, 3.05) is 19.6 Å². The van der Waals surface area contributed by atoms with Gasteiger partial charge in [-0.25, -0.2) is 0 Å². The number of nitrogens with zero attached hydrogens (tertiary/aromatic N) is 1. The minimum atomic E-state index is -0.0105. The van der Waals surface area contributed by atoms with Crippen LogP contribution in [0.25, 0.3) is 0 Å². The number of carbonyl (C=O) groups excluding carboxylic acids is 1. The number of nitrogens with one attached hydrogen (secondary N) is 1. The van der Waals surface area contributed by atoms with Crippen molar-refractivity contribution >= 4 is 5.91 Å². The molecule has 14 heavy (non-hydrogen) atoms. The third-order valence-electron chi connectivity index (χ3n) is 3.12. The van der Waals surface area contributed by atoms with E-state index in [9.17, 15) is 4.79 Å². The lowest BCUT2D eigenvalue weighted by molar-refractivity contribution is -0.124. The first kappa shape index (κ1) is 9.54. The van der Waals surface area contributed by atoms with Crippen LogP contribution in [-0.2, 0) is 4.79 Å². The normalized spacial score (nSPS) is 30.5. The van der Waals surface area contributed by atoms with Crippen molar-refractivity contribution in [3.8, 4) is 11.8 Å². The van der Waals surface area contributed by atoms with Crippen LogP contribution >= 0.6 is 0 Å². The zero-order valence-electron chi connectivity index (χ0n) is 8.55. The molecule has 0 aromatic heterocycles. The van der Waals surface area contributed by atoms with Gasteiger partial charge in [0.25, 0.3) is 5.91 Å². The van der Waals surface area contributed by atoms with Crippen LogP contribution in [-0.4, -0.2) is 36.5 Å². The SMILES string of the molecule is CC#CC(=O)N1CC2CCCNC2C1. The molecule has 76 valence electrons. The summed E-state index contributed by atoms with van der Waals surface area (Å²) in [6, 6.07) is 0.520. The molecule has 2 fully saturated rings. The lowest BCUT2D eigenvalue weighted by Gasteiger charge is -2.24. The van der Waals surface area contributed by atoms with E-state index in [1.165, 1.54) is 12.8 Å². The van der Waals surface area contributed by atoms with Crippen molar-refractivity contribution in [2.24, 2.45) is 5.92 Å². The Bertz CT molecular complexity index is 275. The first-order valence-electron chi connectivity index (χ1n) is 5.26. The van der Waals surface area contributed by atoms with Crippen LogP contribution in [0.3, 0.4) is 0 Å². The lowest BCUT2D eigenvalue weighted by atomic mass is 9.94. The number of carbonyl (C=O) groups is 1. The molecule has 0 aromatic rings. The molecular weight excluding hydrogens is 176 g/mol. The van der Waals surface area contributed by atoms with Gasteiger partial charge in [0, 0.05) is 19.1 Å². The topological polar surface area (TPSA) is 32.3 Å². The van der Waals surface area contributed by atoms with Gasteiger partial charge < -0.3 is 10.2 Å². The second-order valence-electron chi connectivity index (χ2n) is 4.05. The minimum absolute atomic E-state index is 0.0105. The maximum absolute atomic E-state index is 11.5. The molecule has 3 heteroatoms. The second-order valence-corrected chi connectivity index (χ2v) is 4.05. The highest BCUT2D eigenvalue weighted by Gasteiger charge is 2.35. The fraction of sp³-hybridized carbons (Fsp3) is 0.727. The van der Waals surface area contributed by atoms with E-state index in [-0.39, 0.29) is 5.91 Å². The first-order valence-corrected chi connectivity index (χ1v) is 5.26. The van der Waals surface area contributed by atoms with Gasteiger partial charge in [-0.15, -0.1) is 0 Å². The van der Waals surface area contributed by atoms with Crippen molar-refractivity contribution in [2.45, 2.75) is 25.8 Å². The van der Waals surface area contributed by atoms with Crippen LogP contribution < -0.4 is 5.32 Å². The first-order chi connectivity index (χ1) is 6.81. The van der Waals surface area contributed by atoms with E-state index < -0.39 is 0 Å². The maximum atomic E-state index is 11.5. The molecule has 2 heterocycles. The van der Waals surface area contributed by atoms with E-state index in [0.29, 0.717) is 12.0 Å². The summed E-state index contributed by atoms with van der Waals surface area (Å²) in [5.74, 6) is 5.92. The highest BCUT2D eigenvalue weighted by Crippen LogP contribution is 2.24. The smallest absolute Gasteiger partial charge is 0.298 e.